The molecule has 0 spiro atoms. The number of tetrazole rings is 1. The van der Waals surface area contributed by atoms with E-state index in [1.54, 1.807) is 30.3 Å². The van der Waals surface area contributed by atoms with Crippen LogP contribution in [0.4, 0.5) is 5.69 Å². The second kappa shape index (κ2) is 6.49. The number of nitrogens with one attached hydrogen (secondary N) is 1. The van der Waals surface area contributed by atoms with Crippen LogP contribution in [0.15, 0.2) is 54.9 Å². The molecule has 0 saturated heterocycles. The molecule has 0 saturated carbocycles. The van der Waals surface area contributed by atoms with E-state index < -0.39 is 0 Å². The fraction of sp³-hybridized carbons (Fsp3) is 0.0625. The van der Waals surface area contributed by atoms with Gasteiger partial charge in [-0.25, -0.2) is 4.68 Å². The van der Waals surface area contributed by atoms with Crippen LogP contribution in [-0.4, -0.2) is 26.1 Å². The summed E-state index contributed by atoms with van der Waals surface area (Å²) in [5.74, 6) is -0.229. The van der Waals surface area contributed by atoms with Gasteiger partial charge in [-0.05, 0) is 46.3 Å². The maximum atomic E-state index is 12.3. The Balaban J connectivity index is 1.76. The molecule has 0 aliphatic rings. The molecule has 1 amide bonds. The first-order valence-electron chi connectivity index (χ1n) is 6.87. The number of aromatic nitrogens is 4. The summed E-state index contributed by atoms with van der Waals surface area (Å²) in [6.45, 7) is 0. The smallest absolute Gasteiger partial charge is 0.255 e. The van der Waals surface area contributed by atoms with Crippen LogP contribution in [0.5, 0.6) is 0 Å². The minimum Gasteiger partial charge on any atom is -0.322 e. The summed E-state index contributed by atoms with van der Waals surface area (Å²) in [4.78, 5) is 12.3. The highest BCUT2D eigenvalue weighted by Gasteiger charge is 2.08. The van der Waals surface area contributed by atoms with Gasteiger partial charge in [0, 0.05) is 11.3 Å². The summed E-state index contributed by atoms with van der Waals surface area (Å²) >= 11 is 0. The number of nitrogens with zero attached hydrogens (tertiary/aromatic N) is 5. The molecule has 0 bridgehead atoms. The Hall–Kier alpha value is -3.53. The van der Waals surface area contributed by atoms with E-state index in [4.69, 9.17) is 5.26 Å². The van der Waals surface area contributed by atoms with Crippen molar-refractivity contribution in [3.8, 4) is 11.8 Å². The number of hydrogen-bond donors (Lipinski definition) is 1. The molecule has 3 rings (SSSR count). The third kappa shape index (κ3) is 3.39. The number of rotatable bonds is 4. The second-order valence-corrected chi connectivity index (χ2v) is 4.79. The van der Waals surface area contributed by atoms with E-state index in [0.29, 0.717) is 23.4 Å². The Morgan fingerprint density at radius 1 is 1.22 bits per heavy atom. The maximum Gasteiger partial charge on any atom is 0.255 e. The molecule has 1 N–H and O–H groups in total. The van der Waals surface area contributed by atoms with Gasteiger partial charge < -0.3 is 5.32 Å². The average molecular weight is 304 g/mol. The van der Waals surface area contributed by atoms with E-state index in [9.17, 15) is 4.79 Å². The van der Waals surface area contributed by atoms with Crippen molar-refractivity contribution in [2.45, 2.75) is 6.42 Å². The highest BCUT2D eigenvalue weighted by molar-refractivity contribution is 6.04. The lowest BCUT2D eigenvalue weighted by atomic mass is 10.1. The number of benzene rings is 2. The van der Waals surface area contributed by atoms with Gasteiger partial charge in [-0.2, -0.15) is 5.26 Å². The summed E-state index contributed by atoms with van der Waals surface area (Å²) in [6, 6.07) is 16.3. The summed E-state index contributed by atoms with van der Waals surface area (Å²) in [6.07, 6.45) is 1.81. The Bertz CT molecular complexity index is 849. The number of anilines is 1. The monoisotopic (exact) mass is 304 g/mol. The van der Waals surface area contributed by atoms with Crippen molar-refractivity contribution in [3.63, 3.8) is 0 Å². The third-order valence-electron chi connectivity index (χ3n) is 3.22. The first-order valence-corrected chi connectivity index (χ1v) is 6.87. The van der Waals surface area contributed by atoms with Crippen LogP contribution in [0, 0.1) is 11.3 Å². The van der Waals surface area contributed by atoms with Crippen LogP contribution in [0.25, 0.3) is 5.69 Å². The number of hydrogen-bond acceptors (Lipinski definition) is 5. The molecule has 7 nitrogen and oxygen atoms in total. The second-order valence-electron chi connectivity index (χ2n) is 4.79. The molecular weight excluding hydrogens is 292 g/mol. The van der Waals surface area contributed by atoms with Gasteiger partial charge >= 0.3 is 0 Å². The lowest BCUT2D eigenvalue weighted by Gasteiger charge is -2.07. The predicted octanol–water partition coefficient (Wildman–Crippen LogP) is 1.98. The molecule has 0 atom stereocenters. The van der Waals surface area contributed by atoms with Crippen molar-refractivity contribution < 1.29 is 4.79 Å². The molecule has 0 aliphatic heterocycles. The van der Waals surface area contributed by atoms with Gasteiger partial charge in [-0.1, -0.05) is 18.2 Å². The molecule has 7 heteroatoms. The van der Waals surface area contributed by atoms with Crippen molar-refractivity contribution >= 4 is 11.6 Å². The van der Waals surface area contributed by atoms with Crippen molar-refractivity contribution in [2.24, 2.45) is 0 Å². The van der Waals surface area contributed by atoms with E-state index in [0.717, 1.165) is 5.56 Å². The Labute approximate surface area is 132 Å². The van der Waals surface area contributed by atoms with E-state index in [-0.39, 0.29) is 5.91 Å². The molecular formula is C16H12N6O. The number of amides is 1. The van der Waals surface area contributed by atoms with Crippen molar-refractivity contribution in [1.29, 1.82) is 5.26 Å². The van der Waals surface area contributed by atoms with Crippen LogP contribution in [0.3, 0.4) is 0 Å². The largest absolute Gasteiger partial charge is 0.322 e. The Morgan fingerprint density at radius 3 is 2.74 bits per heavy atom. The van der Waals surface area contributed by atoms with Crippen molar-refractivity contribution in [1.82, 2.24) is 20.2 Å². The van der Waals surface area contributed by atoms with Gasteiger partial charge in [-0.15, -0.1) is 5.10 Å². The third-order valence-corrected chi connectivity index (χ3v) is 3.22. The summed E-state index contributed by atoms with van der Waals surface area (Å²) in [5, 5.41) is 22.4. The van der Waals surface area contributed by atoms with E-state index in [1.165, 1.54) is 11.0 Å². The number of carbonyl (C=O) groups is 1. The fourth-order valence-electron chi connectivity index (χ4n) is 2.07. The van der Waals surface area contributed by atoms with Crippen LogP contribution >= 0.6 is 0 Å². The first kappa shape index (κ1) is 14.4. The SMILES string of the molecule is N#CCc1ccc(NC(=O)c2cccc(-n3cnnn3)c2)cc1. The zero-order valence-electron chi connectivity index (χ0n) is 12.0. The number of nitriles is 1. The summed E-state index contributed by atoms with van der Waals surface area (Å²) < 4.78 is 1.48. The van der Waals surface area contributed by atoms with E-state index >= 15 is 0 Å². The number of carbonyl (C=O) groups excluding carboxylic acids is 1. The molecule has 2 aromatic carbocycles. The van der Waals surface area contributed by atoms with Crippen LogP contribution in [0.1, 0.15) is 15.9 Å². The van der Waals surface area contributed by atoms with Gasteiger partial charge in [0.05, 0.1) is 18.2 Å². The molecule has 0 unspecified atom stereocenters. The Morgan fingerprint density at radius 2 is 2.04 bits per heavy atom. The minimum atomic E-state index is -0.229. The topological polar surface area (TPSA) is 96.5 Å². The van der Waals surface area contributed by atoms with Gasteiger partial charge in [-0.3, -0.25) is 4.79 Å². The van der Waals surface area contributed by atoms with E-state index in [1.807, 2.05) is 18.2 Å². The first-order chi connectivity index (χ1) is 11.3. The Kier molecular flexibility index (Phi) is 4.07. The standard InChI is InChI=1S/C16H12N6O/c17-9-8-12-4-6-14(7-5-12)19-16(23)13-2-1-3-15(10-13)22-11-18-20-21-22/h1-7,10-11H,8H2,(H,19,23). The average Bonchev–Trinajstić information content (AvgIpc) is 3.12. The molecule has 0 fully saturated rings. The molecule has 0 aliphatic carbocycles. The molecule has 23 heavy (non-hydrogen) atoms. The molecule has 1 aromatic heterocycles. The lowest BCUT2D eigenvalue weighted by molar-refractivity contribution is 0.102. The fourth-order valence-corrected chi connectivity index (χ4v) is 2.07. The van der Waals surface area contributed by atoms with Gasteiger partial charge in [0.25, 0.3) is 5.91 Å². The van der Waals surface area contributed by atoms with E-state index in [2.05, 4.69) is 26.9 Å². The molecule has 3 aromatic rings. The van der Waals surface area contributed by atoms with Crippen LogP contribution in [-0.2, 0) is 6.42 Å². The van der Waals surface area contributed by atoms with Crippen LogP contribution in [0.2, 0.25) is 0 Å². The maximum absolute atomic E-state index is 12.3. The summed E-state index contributed by atoms with van der Waals surface area (Å²) in [7, 11) is 0. The van der Waals surface area contributed by atoms with Gasteiger partial charge in [0.15, 0.2) is 0 Å². The zero-order chi connectivity index (χ0) is 16.1. The highest BCUT2D eigenvalue weighted by Crippen LogP contribution is 2.14. The molecule has 0 radical (unpaired) electrons. The molecule has 112 valence electrons. The normalized spacial score (nSPS) is 10.0. The quantitative estimate of drug-likeness (QED) is 0.795. The van der Waals surface area contributed by atoms with Gasteiger partial charge in [0.2, 0.25) is 0 Å². The molecule has 1 heterocycles. The summed E-state index contributed by atoms with van der Waals surface area (Å²) in [5.41, 5.74) is 2.78. The zero-order valence-corrected chi connectivity index (χ0v) is 12.0. The predicted molar refractivity (Wildman–Crippen MR) is 82.9 cm³/mol. The lowest BCUT2D eigenvalue weighted by Crippen LogP contribution is -2.12. The minimum absolute atomic E-state index is 0.229. The van der Waals surface area contributed by atoms with Gasteiger partial charge in [0.1, 0.15) is 6.33 Å². The van der Waals surface area contributed by atoms with Crippen molar-refractivity contribution in [3.05, 3.63) is 66.0 Å². The highest BCUT2D eigenvalue weighted by atomic mass is 16.1. The van der Waals surface area contributed by atoms with Crippen LogP contribution < -0.4 is 5.32 Å². The van der Waals surface area contributed by atoms with Crippen molar-refractivity contribution in [2.75, 3.05) is 5.32 Å².